The first-order valence-corrected chi connectivity index (χ1v) is 6.00. The van der Waals surface area contributed by atoms with Crippen molar-refractivity contribution in [2.24, 2.45) is 0 Å². The summed E-state index contributed by atoms with van der Waals surface area (Å²) >= 11 is 0. The minimum atomic E-state index is -4.56. The number of rotatable bonds is 2. The van der Waals surface area contributed by atoms with Crippen LogP contribution in [0.25, 0.3) is 0 Å². The molecule has 4 nitrogen and oxygen atoms in total. The molecule has 1 heterocycles. The zero-order chi connectivity index (χ0) is 14.8. The highest BCUT2D eigenvalue weighted by Gasteiger charge is 2.48. The summed E-state index contributed by atoms with van der Waals surface area (Å²) in [7, 11) is 1.14. The van der Waals surface area contributed by atoms with Crippen molar-refractivity contribution in [3.8, 4) is 0 Å². The monoisotopic (exact) mass is 289 g/mol. The zero-order valence-corrected chi connectivity index (χ0v) is 10.8. The van der Waals surface area contributed by atoms with Crippen LogP contribution in [0.5, 0.6) is 0 Å². The first-order chi connectivity index (χ1) is 9.42. The van der Waals surface area contributed by atoms with Crippen LogP contribution in [0, 0.1) is 0 Å². The molecule has 7 heteroatoms. The van der Waals surface area contributed by atoms with Crippen LogP contribution < -0.4 is 5.32 Å². The third kappa shape index (κ3) is 2.51. The van der Waals surface area contributed by atoms with Gasteiger partial charge in [-0.3, -0.25) is 5.32 Å². The van der Waals surface area contributed by atoms with Crippen LogP contribution in [-0.2, 0) is 26.0 Å². The van der Waals surface area contributed by atoms with Crippen molar-refractivity contribution < 1.29 is 27.4 Å². The number of ether oxygens (including phenoxy) is 2. The quantitative estimate of drug-likeness (QED) is 0.842. The molecule has 0 amide bonds. The lowest BCUT2D eigenvalue weighted by Gasteiger charge is -2.37. The summed E-state index contributed by atoms with van der Waals surface area (Å²) in [5.74, 6) is -0.797. The Kier molecular flexibility index (Phi) is 4.01. The zero-order valence-electron chi connectivity index (χ0n) is 10.8. The van der Waals surface area contributed by atoms with Gasteiger partial charge in [0, 0.05) is 6.54 Å². The van der Waals surface area contributed by atoms with Crippen molar-refractivity contribution in [2.75, 3.05) is 26.9 Å². The number of nitrogens with one attached hydrogen (secondary N) is 1. The third-order valence-electron chi connectivity index (χ3n) is 3.22. The van der Waals surface area contributed by atoms with Crippen LogP contribution >= 0.6 is 0 Å². The van der Waals surface area contributed by atoms with Gasteiger partial charge in [0.05, 0.1) is 25.9 Å². The van der Waals surface area contributed by atoms with E-state index in [0.717, 1.165) is 13.2 Å². The molecule has 1 aromatic rings. The van der Waals surface area contributed by atoms with E-state index in [1.807, 2.05) is 0 Å². The molecule has 1 N–H and O–H groups in total. The van der Waals surface area contributed by atoms with E-state index in [1.165, 1.54) is 18.2 Å². The number of esters is 1. The maximum absolute atomic E-state index is 13.1. The molecule has 0 spiro atoms. The number of alkyl halides is 3. The van der Waals surface area contributed by atoms with E-state index in [9.17, 15) is 18.0 Å². The van der Waals surface area contributed by atoms with E-state index in [0.29, 0.717) is 6.61 Å². The number of hydrogen-bond acceptors (Lipinski definition) is 4. The Morgan fingerprint density at radius 1 is 1.40 bits per heavy atom. The molecule has 0 saturated carbocycles. The van der Waals surface area contributed by atoms with Gasteiger partial charge in [0.1, 0.15) is 0 Å². The molecule has 20 heavy (non-hydrogen) atoms. The van der Waals surface area contributed by atoms with Crippen molar-refractivity contribution in [2.45, 2.75) is 11.7 Å². The molecule has 2 rings (SSSR count). The summed E-state index contributed by atoms with van der Waals surface area (Å²) in [5, 5.41) is 2.81. The molecule has 1 aliphatic heterocycles. The van der Waals surface area contributed by atoms with Gasteiger partial charge in [0.2, 0.25) is 0 Å². The molecule has 0 aromatic heterocycles. The molecule has 1 aliphatic rings. The van der Waals surface area contributed by atoms with E-state index in [-0.39, 0.29) is 18.7 Å². The Balaban J connectivity index is 2.58. The Morgan fingerprint density at radius 2 is 2.10 bits per heavy atom. The largest absolute Gasteiger partial charge is 0.467 e. The van der Waals surface area contributed by atoms with Gasteiger partial charge in [-0.2, -0.15) is 13.2 Å². The van der Waals surface area contributed by atoms with Crippen LogP contribution in [0.4, 0.5) is 13.2 Å². The number of carbonyl (C=O) groups excluding carboxylic acids is 1. The molecular weight excluding hydrogens is 275 g/mol. The molecule has 1 saturated heterocycles. The molecular formula is C13H14F3NO3. The minimum Gasteiger partial charge on any atom is -0.467 e. The molecule has 110 valence electrons. The van der Waals surface area contributed by atoms with E-state index in [4.69, 9.17) is 4.74 Å². The Labute approximate surface area is 113 Å². The van der Waals surface area contributed by atoms with E-state index in [1.54, 1.807) is 0 Å². The van der Waals surface area contributed by atoms with Crippen molar-refractivity contribution in [1.82, 2.24) is 5.32 Å². The summed E-state index contributed by atoms with van der Waals surface area (Å²) in [6.07, 6.45) is -4.56. The second-order valence-electron chi connectivity index (χ2n) is 4.42. The fraction of sp³-hybridized carbons (Fsp3) is 0.462. The summed E-state index contributed by atoms with van der Waals surface area (Å²) < 4.78 is 49.2. The average Bonchev–Trinajstić information content (AvgIpc) is 2.46. The SMILES string of the molecule is COC(=O)C1(c2ccccc2C(F)(F)F)COCCN1. The highest BCUT2D eigenvalue weighted by atomic mass is 19.4. The van der Waals surface area contributed by atoms with Crippen molar-refractivity contribution in [1.29, 1.82) is 0 Å². The lowest BCUT2D eigenvalue weighted by Crippen LogP contribution is -2.58. The van der Waals surface area contributed by atoms with Crippen LogP contribution in [-0.4, -0.2) is 32.8 Å². The van der Waals surface area contributed by atoms with Crippen LogP contribution in [0.1, 0.15) is 11.1 Å². The number of carbonyl (C=O) groups is 1. The van der Waals surface area contributed by atoms with Crippen LogP contribution in [0.3, 0.4) is 0 Å². The number of morpholine rings is 1. The Morgan fingerprint density at radius 3 is 2.65 bits per heavy atom. The molecule has 0 bridgehead atoms. The standard InChI is InChI=1S/C13H14F3NO3/c1-19-11(18)12(8-20-7-6-17-12)9-4-2-3-5-10(9)13(14,15)16/h2-5,17H,6-8H2,1H3. The average molecular weight is 289 g/mol. The highest BCUT2D eigenvalue weighted by Crippen LogP contribution is 2.38. The maximum Gasteiger partial charge on any atom is 0.416 e. The normalized spacial score (nSPS) is 23.4. The number of halogens is 3. The van der Waals surface area contributed by atoms with Gasteiger partial charge >= 0.3 is 12.1 Å². The highest BCUT2D eigenvalue weighted by molar-refractivity contribution is 5.83. The molecule has 1 atom stereocenters. The summed E-state index contributed by atoms with van der Waals surface area (Å²) in [5.41, 5.74) is -2.68. The van der Waals surface area contributed by atoms with E-state index in [2.05, 4.69) is 10.1 Å². The third-order valence-corrected chi connectivity index (χ3v) is 3.22. The first kappa shape index (κ1) is 14.8. The topological polar surface area (TPSA) is 47.6 Å². The van der Waals surface area contributed by atoms with Crippen LogP contribution in [0.2, 0.25) is 0 Å². The minimum absolute atomic E-state index is 0.181. The molecule has 0 radical (unpaired) electrons. The molecule has 1 unspecified atom stereocenters. The number of hydrogen-bond donors (Lipinski definition) is 1. The smallest absolute Gasteiger partial charge is 0.416 e. The van der Waals surface area contributed by atoms with Gasteiger partial charge in [-0.15, -0.1) is 0 Å². The van der Waals surface area contributed by atoms with Gasteiger partial charge in [-0.1, -0.05) is 18.2 Å². The van der Waals surface area contributed by atoms with Gasteiger partial charge in [0.15, 0.2) is 5.54 Å². The fourth-order valence-electron chi connectivity index (χ4n) is 2.30. The Bertz CT molecular complexity index is 496. The molecule has 1 fully saturated rings. The second-order valence-corrected chi connectivity index (χ2v) is 4.42. The second kappa shape index (κ2) is 5.41. The molecule has 0 aliphatic carbocycles. The van der Waals surface area contributed by atoms with Crippen molar-refractivity contribution in [3.05, 3.63) is 35.4 Å². The first-order valence-electron chi connectivity index (χ1n) is 6.00. The summed E-state index contributed by atoms with van der Waals surface area (Å²) in [4.78, 5) is 12.0. The predicted octanol–water partition coefficient (Wildman–Crippen LogP) is 1.69. The fourth-order valence-corrected chi connectivity index (χ4v) is 2.30. The lowest BCUT2D eigenvalue weighted by molar-refractivity contribution is -0.156. The van der Waals surface area contributed by atoms with E-state index < -0.39 is 23.2 Å². The maximum atomic E-state index is 13.1. The van der Waals surface area contributed by atoms with Gasteiger partial charge in [-0.05, 0) is 11.6 Å². The van der Waals surface area contributed by atoms with Crippen molar-refractivity contribution in [3.63, 3.8) is 0 Å². The number of benzene rings is 1. The predicted molar refractivity (Wildman–Crippen MR) is 64.0 cm³/mol. The van der Waals surface area contributed by atoms with E-state index >= 15 is 0 Å². The van der Waals surface area contributed by atoms with Crippen LogP contribution in [0.15, 0.2) is 24.3 Å². The summed E-state index contributed by atoms with van der Waals surface area (Å²) in [6, 6.07) is 4.93. The van der Waals surface area contributed by atoms with Gasteiger partial charge in [-0.25, -0.2) is 4.79 Å². The Hall–Kier alpha value is -1.60. The van der Waals surface area contributed by atoms with Crippen molar-refractivity contribution >= 4 is 5.97 Å². The molecule has 1 aromatic carbocycles. The summed E-state index contributed by atoms with van der Waals surface area (Å²) in [6.45, 7) is 0.390. The number of methoxy groups -OCH3 is 1. The lowest BCUT2D eigenvalue weighted by atomic mass is 9.86. The van der Waals surface area contributed by atoms with Gasteiger partial charge < -0.3 is 9.47 Å². The van der Waals surface area contributed by atoms with Gasteiger partial charge in [0.25, 0.3) is 0 Å².